The zero-order valence-corrected chi connectivity index (χ0v) is 20.8. The predicted molar refractivity (Wildman–Crippen MR) is 144 cm³/mol. The summed E-state index contributed by atoms with van der Waals surface area (Å²) in [6, 6.07) is 30.0. The first kappa shape index (κ1) is 24.6. The van der Waals surface area contributed by atoms with E-state index in [0.717, 1.165) is 38.9 Å². The molecule has 0 aromatic heterocycles. The number of benzene rings is 4. The van der Waals surface area contributed by atoms with Crippen LogP contribution in [0.1, 0.15) is 33.7 Å². The lowest BCUT2D eigenvalue weighted by Crippen LogP contribution is -2.41. The average molecular weight is 512 g/mol. The number of carbonyl (C=O) groups is 2. The number of hydrogen-bond donors (Lipinski definition) is 2. The molecule has 0 heterocycles. The molecule has 0 bridgehead atoms. The Labute approximate surface area is 220 Å². The van der Waals surface area contributed by atoms with Crippen LogP contribution >= 0.6 is 11.6 Å². The molecule has 0 radical (unpaired) electrons. The van der Waals surface area contributed by atoms with Crippen LogP contribution in [0, 0.1) is 0 Å². The molecule has 1 aliphatic rings. The fourth-order valence-corrected chi connectivity index (χ4v) is 5.11. The lowest BCUT2D eigenvalue weighted by atomic mass is 9.95. The van der Waals surface area contributed by atoms with Gasteiger partial charge >= 0.3 is 6.09 Å². The molecule has 0 spiro atoms. The fraction of sp³-hybridized carbons (Fsp3) is 0.161. The van der Waals surface area contributed by atoms with Crippen molar-refractivity contribution in [1.82, 2.24) is 5.32 Å². The van der Waals surface area contributed by atoms with Crippen LogP contribution in [0.15, 0.2) is 97.1 Å². The molecule has 1 amide bonds. The van der Waals surface area contributed by atoms with Crippen LogP contribution in [0.2, 0.25) is 0 Å². The van der Waals surface area contributed by atoms with Crippen LogP contribution in [-0.4, -0.2) is 29.1 Å². The number of ether oxygens (including phenoxy) is 1. The van der Waals surface area contributed by atoms with Gasteiger partial charge in [-0.05, 0) is 69.1 Å². The molecule has 1 aliphatic carbocycles. The number of hydrogen-bond acceptors (Lipinski definition) is 4. The molecule has 5 rings (SSSR count). The van der Waals surface area contributed by atoms with Crippen molar-refractivity contribution in [3.8, 4) is 16.9 Å². The van der Waals surface area contributed by atoms with E-state index in [9.17, 15) is 14.7 Å². The standard InChI is InChI=1S/C31H26ClNO4/c32-30(35)29(18-21-14-15-23(34)17-22(21)16-20-8-2-1-3-9-20)33-31(36)37-19-28-26-12-6-4-10-24(26)25-11-5-7-13-27(25)28/h1-15,17,28-29,34H,16,18-19H2,(H,33,36)/t29-/m0/s1. The van der Waals surface area contributed by atoms with Crippen LogP contribution in [-0.2, 0) is 22.4 Å². The van der Waals surface area contributed by atoms with Crippen molar-refractivity contribution in [2.45, 2.75) is 24.8 Å². The highest BCUT2D eigenvalue weighted by Gasteiger charge is 2.29. The second-order valence-corrected chi connectivity index (χ2v) is 9.52. The number of fused-ring (bicyclic) bond motifs is 3. The van der Waals surface area contributed by atoms with E-state index < -0.39 is 17.4 Å². The summed E-state index contributed by atoms with van der Waals surface area (Å²) in [5.41, 5.74) is 7.21. The van der Waals surface area contributed by atoms with Gasteiger partial charge < -0.3 is 15.2 Å². The third-order valence-corrected chi connectivity index (χ3v) is 7.02. The average Bonchev–Trinajstić information content (AvgIpc) is 3.22. The van der Waals surface area contributed by atoms with E-state index in [0.29, 0.717) is 6.42 Å². The summed E-state index contributed by atoms with van der Waals surface area (Å²) in [5, 5.41) is 12.0. The first-order valence-electron chi connectivity index (χ1n) is 12.1. The summed E-state index contributed by atoms with van der Waals surface area (Å²) < 4.78 is 5.60. The Kier molecular flexibility index (Phi) is 7.24. The minimum atomic E-state index is -0.976. The van der Waals surface area contributed by atoms with Gasteiger partial charge in [0, 0.05) is 12.3 Å². The Bertz CT molecular complexity index is 1390. The molecule has 0 aliphatic heterocycles. The molecule has 4 aromatic carbocycles. The number of phenols is 1. The highest BCUT2D eigenvalue weighted by Crippen LogP contribution is 2.44. The van der Waals surface area contributed by atoms with Gasteiger partial charge in [0.2, 0.25) is 5.24 Å². The third-order valence-electron chi connectivity index (χ3n) is 6.76. The van der Waals surface area contributed by atoms with Gasteiger partial charge in [0.1, 0.15) is 18.4 Å². The van der Waals surface area contributed by atoms with Gasteiger partial charge in [0.25, 0.3) is 0 Å². The van der Waals surface area contributed by atoms with Crippen molar-refractivity contribution in [2.24, 2.45) is 0 Å². The summed E-state index contributed by atoms with van der Waals surface area (Å²) in [5.74, 6) is 0.0470. The van der Waals surface area contributed by atoms with E-state index in [1.807, 2.05) is 66.7 Å². The molecule has 37 heavy (non-hydrogen) atoms. The van der Waals surface area contributed by atoms with E-state index >= 15 is 0 Å². The Morgan fingerprint density at radius 3 is 2.11 bits per heavy atom. The SMILES string of the molecule is O=C(N[C@@H](Cc1ccc(O)cc1Cc1ccccc1)C(=O)Cl)OCC1c2ccccc2-c2ccccc21. The normalized spacial score (nSPS) is 12.9. The highest BCUT2D eigenvalue weighted by atomic mass is 35.5. The molecule has 0 saturated heterocycles. The quantitative estimate of drug-likeness (QED) is 0.276. The zero-order chi connectivity index (χ0) is 25.8. The van der Waals surface area contributed by atoms with Crippen LogP contribution in [0.4, 0.5) is 4.79 Å². The van der Waals surface area contributed by atoms with E-state index in [1.54, 1.807) is 18.2 Å². The number of nitrogens with one attached hydrogen (secondary N) is 1. The van der Waals surface area contributed by atoms with Crippen LogP contribution in [0.3, 0.4) is 0 Å². The van der Waals surface area contributed by atoms with Gasteiger partial charge in [-0.1, -0.05) is 84.9 Å². The zero-order valence-electron chi connectivity index (χ0n) is 20.1. The number of aromatic hydroxyl groups is 1. The van der Waals surface area contributed by atoms with E-state index in [2.05, 4.69) is 17.4 Å². The molecule has 0 saturated carbocycles. The molecular formula is C31H26ClNO4. The first-order chi connectivity index (χ1) is 18.0. The summed E-state index contributed by atoms with van der Waals surface area (Å²) >= 11 is 5.88. The van der Waals surface area contributed by atoms with Crippen molar-refractivity contribution in [2.75, 3.05) is 6.61 Å². The molecule has 6 heteroatoms. The van der Waals surface area contributed by atoms with Crippen LogP contribution in [0.5, 0.6) is 5.75 Å². The van der Waals surface area contributed by atoms with Gasteiger partial charge in [-0.2, -0.15) is 0 Å². The van der Waals surface area contributed by atoms with Crippen molar-refractivity contribution in [3.63, 3.8) is 0 Å². The number of phenolic OH excluding ortho intramolecular Hbond substituents is 1. The molecular weight excluding hydrogens is 486 g/mol. The van der Waals surface area contributed by atoms with Crippen molar-refractivity contribution in [1.29, 1.82) is 0 Å². The summed E-state index contributed by atoms with van der Waals surface area (Å²) in [6.45, 7) is 0.140. The monoisotopic (exact) mass is 511 g/mol. The molecule has 0 unspecified atom stereocenters. The predicted octanol–water partition coefficient (Wildman–Crippen LogP) is 6.20. The lowest BCUT2D eigenvalue weighted by Gasteiger charge is -2.19. The lowest BCUT2D eigenvalue weighted by molar-refractivity contribution is -0.113. The van der Waals surface area contributed by atoms with Crippen LogP contribution in [0.25, 0.3) is 11.1 Å². The molecule has 4 aromatic rings. The maximum atomic E-state index is 12.8. The van der Waals surface area contributed by atoms with E-state index in [-0.39, 0.29) is 24.7 Å². The Hall–Kier alpha value is -4.09. The number of halogens is 1. The van der Waals surface area contributed by atoms with E-state index in [1.165, 1.54) is 0 Å². The first-order valence-corrected chi connectivity index (χ1v) is 12.5. The maximum Gasteiger partial charge on any atom is 0.407 e. The molecule has 2 N–H and O–H groups in total. The molecule has 1 atom stereocenters. The summed E-state index contributed by atoms with van der Waals surface area (Å²) in [4.78, 5) is 25.0. The highest BCUT2D eigenvalue weighted by molar-refractivity contribution is 6.64. The van der Waals surface area contributed by atoms with Crippen LogP contribution < -0.4 is 5.32 Å². The molecule has 186 valence electrons. The number of amides is 1. The van der Waals surface area contributed by atoms with E-state index in [4.69, 9.17) is 16.3 Å². The second-order valence-electron chi connectivity index (χ2n) is 9.15. The van der Waals surface area contributed by atoms with Gasteiger partial charge in [0.05, 0.1) is 0 Å². The van der Waals surface area contributed by atoms with Gasteiger partial charge in [0.15, 0.2) is 0 Å². The maximum absolute atomic E-state index is 12.8. The van der Waals surface area contributed by atoms with Crippen molar-refractivity contribution < 1.29 is 19.4 Å². The van der Waals surface area contributed by atoms with Crippen molar-refractivity contribution in [3.05, 3.63) is 125 Å². The largest absolute Gasteiger partial charge is 0.508 e. The van der Waals surface area contributed by atoms with Gasteiger partial charge in [-0.25, -0.2) is 4.79 Å². The number of rotatable bonds is 8. The molecule has 5 nitrogen and oxygen atoms in total. The smallest absolute Gasteiger partial charge is 0.407 e. The Morgan fingerprint density at radius 1 is 0.838 bits per heavy atom. The summed E-state index contributed by atoms with van der Waals surface area (Å²) in [6.07, 6.45) is 0.0393. The second kappa shape index (κ2) is 10.9. The number of carbonyl (C=O) groups excluding carboxylic acids is 2. The van der Waals surface area contributed by atoms with Gasteiger partial charge in [-0.15, -0.1) is 0 Å². The molecule has 0 fully saturated rings. The fourth-order valence-electron chi connectivity index (χ4n) is 4.98. The third kappa shape index (κ3) is 5.52. The summed E-state index contributed by atoms with van der Waals surface area (Å²) in [7, 11) is 0. The topological polar surface area (TPSA) is 75.6 Å². The van der Waals surface area contributed by atoms with Crippen molar-refractivity contribution >= 4 is 22.9 Å². The number of alkyl carbamates (subject to hydrolysis) is 1. The minimum absolute atomic E-state index is 0.0853. The van der Waals surface area contributed by atoms with Gasteiger partial charge in [-0.3, -0.25) is 4.79 Å². The Morgan fingerprint density at radius 2 is 1.46 bits per heavy atom. The minimum Gasteiger partial charge on any atom is -0.508 e. The Balaban J connectivity index is 1.28.